The van der Waals surface area contributed by atoms with E-state index in [1.165, 1.54) is 24.3 Å². The Morgan fingerprint density at radius 1 is 0.557 bits per heavy atom. The quantitative estimate of drug-likeness (QED) is 0.0688. The number of benzene rings is 2. The van der Waals surface area contributed by atoms with Crippen LogP contribution >= 0.6 is 23.2 Å². The summed E-state index contributed by atoms with van der Waals surface area (Å²) in [5.74, 6) is -10.1. The highest BCUT2D eigenvalue weighted by Gasteiger charge is 2.45. The molecule has 4 heterocycles. The van der Waals surface area contributed by atoms with Gasteiger partial charge < -0.3 is 41.7 Å². The van der Waals surface area contributed by atoms with Crippen molar-refractivity contribution in [3.8, 4) is 0 Å². The number of rotatable bonds is 16. The maximum Gasteiger partial charge on any atom is 0.294 e. The van der Waals surface area contributed by atoms with Crippen molar-refractivity contribution in [2.75, 3.05) is 65.1 Å². The van der Waals surface area contributed by atoms with Gasteiger partial charge in [0.25, 0.3) is 50.6 Å². The third-order valence-electron chi connectivity index (χ3n) is 16.7. The smallest absolute Gasteiger partial charge is 0.294 e. The number of carbonyl (C=O) groups excluding carboxylic acids is 5. The van der Waals surface area contributed by atoms with Crippen LogP contribution in [-0.2, 0) is 85.4 Å². The number of anilines is 3. The number of fused-ring (bicyclic) bond motifs is 6. The Hall–Kier alpha value is -6.45. The second-order valence-corrected chi connectivity index (χ2v) is 32.6. The molecular weight excluding hydrogens is 1410 g/mol. The third kappa shape index (κ3) is 24.5. The monoisotopic (exact) mass is 1500 g/mol. The maximum absolute atomic E-state index is 13.7. The van der Waals surface area contributed by atoms with Gasteiger partial charge in [-0.15, -0.1) is 0 Å². The molecule has 2 aromatic carbocycles. The van der Waals surface area contributed by atoms with Gasteiger partial charge >= 0.3 is 0 Å². The molecule has 31 nitrogen and oxygen atoms in total. The van der Waals surface area contributed by atoms with Gasteiger partial charge in [0.05, 0.1) is 15.8 Å². The SMILES string of the molecule is CC12CCCCCC(=O)NC(CS(=O)(=O)O)C(=O)NC(CS(=O)(=O)O)C(=O)NC(CS(=O)(=O)O)C(=O)NCCCCCNC(=O)CCCCCN3c4ccc(S(=O)(=O)O)cc4C(C)(C)C3/C=C/C=C/C=C/1N(CCCCCCNc1nc(Cl)nc(Cl)n1)c1ccc(S(=O)(=O)O)cc12. The lowest BCUT2D eigenvalue weighted by atomic mass is 9.77. The van der Waals surface area contributed by atoms with E-state index in [-0.39, 0.29) is 83.4 Å². The largest absolute Gasteiger partial charge is 0.364 e. The first-order valence-electron chi connectivity index (χ1n) is 31.2. The van der Waals surface area contributed by atoms with Crippen LogP contribution in [0, 0.1) is 0 Å². The van der Waals surface area contributed by atoms with Crippen LogP contribution in [-0.4, -0.2) is 183 Å². The molecule has 0 radical (unpaired) electrons. The molecule has 0 saturated carbocycles. The first kappa shape index (κ1) is 79.5. The number of aromatic nitrogens is 3. The highest BCUT2D eigenvalue weighted by atomic mass is 35.5. The molecule has 0 fully saturated rings. The summed E-state index contributed by atoms with van der Waals surface area (Å²) < 4.78 is 173. The summed E-state index contributed by atoms with van der Waals surface area (Å²) in [4.78, 5) is 82.4. The zero-order valence-electron chi connectivity index (χ0n) is 53.5. The van der Waals surface area contributed by atoms with Crippen LogP contribution in [0.25, 0.3) is 0 Å². The van der Waals surface area contributed by atoms with Gasteiger partial charge in [-0.05, 0) is 142 Å². The first-order chi connectivity index (χ1) is 45.3. The van der Waals surface area contributed by atoms with E-state index in [9.17, 15) is 88.8 Å². The van der Waals surface area contributed by atoms with Crippen molar-refractivity contribution in [1.29, 1.82) is 0 Å². The second kappa shape index (κ2) is 34.6. The Balaban J connectivity index is 1.32. The van der Waals surface area contributed by atoms with Gasteiger partial charge in [-0.3, -0.25) is 46.7 Å². The predicted molar refractivity (Wildman–Crippen MR) is 361 cm³/mol. The van der Waals surface area contributed by atoms with Gasteiger partial charge in [-0.2, -0.15) is 57.0 Å². The van der Waals surface area contributed by atoms with Crippen molar-refractivity contribution in [1.82, 2.24) is 41.5 Å². The van der Waals surface area contributed by atoms with Gasteiger partial charge in [-0.1, -0.05) is 70.3 Å². The van der Waals surface area contributed by atoms with E-state index in [0.29, 0.717) is 87.8 Å². The Morgan fingerprint density at radius 2 is 1.07 bits per heavy atom. The topological polar surface area (TPSA) is 475 Å². The fraction of sp³-hybridized carbons (Fsp3) is 0.559. The van der Waals surface area contributed by atoms with E-state index in [1.807, 2.05) is 61.8 Å². The Kier molecular flexibility index (Phi) is 28.3. The molecule has 538 valence electrons. The van der Waals surface area contributed by atoms with Crippen molar-refractivity contribution >= 4 is 121 Å². The maximum atomic E-state index is 13.7. The lowest BCUT2D eigenvalue weighted by molar-refractivity contribution is -0.132. The van der Waals surface area contributed by atoms with Crippen LogP contribution < -0.4 is 41.7 Å². The zero-order valence-corrected chi connectivity index (χ0v) is 59.1. The number of nitrogens with one attached hydrogen (secondary N) is 6. The molecule has 5 atom stereocenters. The van der Waals surface area contributed by atoms with Crippen LogP contribution in [0.5, 0.6) is 0 Å². The molecular formula is C59H83Cl2N11O20S5. The highest BCUT2D eigenvalue weighted by Crippen LogP contribution is 2.52. The molecule has 11 N–H and O–H groups in total. The minimum Gasteiger partial charge on any atom is -0.364 e. The Labute approximate surface area is 575 Å². The van der Waals surface area contributed by atoms with Crippen LogP contribution in [0.4, 0.5) is 17.3 Å². The van der Waals surface area contributed by atoms with Crippen LogP contribution in [0.15, 0.2) is 82.3 Å². The number of carbonyl (C=O) groups is 5. The molecule has 0 spiro atoms. The van der Waals surface area contributed by atoms with Gasteiger partial charge in [0, 0.05) is 73.5 Å². The minimum atomic E-state index is -5.24. The fourth-order valence-corrected chi connectivity index (χ4v) is 15.3. The number of amides is 5. The molecule has 0 saturated heterocycles. The van der Waals surface area contributed by atoms with Crippen molar-refractivity contribution in [2.45, 2.75) is 168 Å². The van der Waals surface area contributed by atoms with Gasteiger partial charge in [-0.25, -0.2) is 0 Å². The van der Waals surface area contributed by atoms with Crippen LogP contribution in [0.1, 0.15) is 135 Å². The normalized spacial score (nSPS) is 23.6. The Bertz CT molecular complexity index is 4030. The van der Waals surface area contributed by atoms with E-state index >= 15 is 0 Å². The van der Waals surface area contributed by atoms with E-state index in [2.05, 4.69) is 46.0 Å². The number of unbranched alkanes of at least 4 members (excludes halogenated alkanes) is 3. The van der Waals surface area contributed by atoms with Crippen LogP contribution in [0.3, 0.4) is 0 Å². The average molecular weight is 1500 g/mol. The van der Waals surface area contributed by atoms with Gasteiger partial charge in [0.15, 0.2) is 0 Å². The highest BCUT2D eigenvalue weighted by molar-refractivity contribution is 7.86. The molecule has 1 aromatic heterocycles. The Morgan fingerprint density at radius 3 is 1.66 bits per heavy atom. The fourth-order valence-electron chi connectivity index (χ4n) is 11.9. The summed E-state index contributed by atoms with van der Waals surface area (Å²) in [6.45, 7) is 7.34. The molecule has 5 unspecified atom stereocenters. The number of halogens is 2. The summed E-state index contributed by atoms with van der Waals surface area (Å²) in [6.07, 6.45) is 15.7. The summed E-state index contributed by atoms with van der Waals surface area (Å²) >= 11 is 11.9. The van der Waals surface area contributed by atoms with Crippen LogP contribution in [0.2, 0.25) is 10.6 Å². The molecule has 38 heteroatoms. The molecule has 0 aliphatic carbocycles. The number of allylic oxidation sites excluding steroid dienone is 5. The standard InChI is InChI=1S/C59H83Cl2N11O20S5/c1-58(2)41-34-39(96(87,88)89)24-26-46(41)71-32-19-8-13-22-50(73)62-29-16-9-17-30-63-52(75)43(36-93(78,79)80)66-54(77)45(38-95(84,85)86)67-53(76)44(37-94(81,82)83)65-51(74)23-12-7-14-28-59(3)42-35-40(97(90,91)92)25-27-47(42)72(49(59)21-11-6-10-20-48(58)71)33-18-5-4-15-31-64-57-69-55(60)68-56(61)70-57/h6,10-11,20-21,24-27,34-35,43-45,48H,4-5,7-9,12-19,22-23,28-33,36-38H2,1-3H3,(H,62,73)(H,63,75)(H,65,74)(H,66,77)(H,67,76)(H,78,79,80)(H,81,82,83)(H,84,85,86)(H,87,88,89)(H,90,91,92)(H,64,68,69,70)/b11-6+,20-10+,49-21-. The number of nitrogens with zero attached hydrogens (tertiary/aromatic N) is 5. The third-order valence-corrected chi connectivity index (χ3v) is 21.0. The molecule has 3 aliphatic rings. The first-order valence-corrected chi connectivity index (χ1v) is 39.7. The summed E-state index contributed by atoms with van der Waals surface area (Å²) in [6, 6.07) is 1.59. The summed E-state index contributed by atoms with van der Waals surface area (Å²) in [5.41, 5.74) is 1.62. The van der Waals surface area contributed by atoms with E-state index in [4.69, 9.17) is 23.2 Å². The van der Waals surface area contributed by atoms with E-state index in [0.717, 1.165) is 24.2 Å². The molecule has 0 bridgehead atoms. The number of hydrogen-bond acceptors (Lipinski definition) is 21. The van der Waals surface area contributed by atoms with E-state index in [1.54, 1.807) is 12.1 Å². The lowest BCUT2D eigenvalue weighted by Crippen LogP contribution is -2.60. The van der Waals surface area contributed by atoms with Crippen molar-refractivity contribution < 1.29 is 88.8 Å². The van der Waals surface area contributed by atoms with E-state index < -0.39 is 127 Å². The van der Waals surface area contributed by atoms with Crippen molar-refractivity contribution in [3.05, 3.63) is 94.2 Å². The molecule has 3 aliphatic heterocycles. The lowest BCUT2D eigenvalue weighted by Gasteiger charge is -2.32. The molecule has 97 heavy (non-hydrogen) atoms. The minimum absolute atomic E-state index is 0.0626. The zero-order chi connectivity index (χ0) is 71.7. The molecule has 5 amide bonds. The second-order valence-electron chi connectivity index (χ2n) is 24.6. The number of hydrogen-bond donors (Lipinski definition) is 11. The van der Waals surface area contributed by atoms with Crippen molar-refractivity contribution in [2.24, 2.45) is 0 Å². The summed E-state index contributed by atoms with van der Waals surface area (Å²) in [7, 11) is -24.8. The molecule has 3 aromatic rings. The van der Waals surface area contributed by atoms with Gasteiger partial charge in [0.2, 0.25) is 46.1 Å². The molecule has 6 rings (SSSR count). The van der Waals surface area contributed by atoms with Gasteiger partial charge in [0.1, 0.15) is 35.4 Å². The summed E-state index contributed by atoms with van der Waals surface area (Å²) in [5, 5.41) is 14.0. The average Bonchev–Trinajstić information content (AvgIpc) is 1.59. The predicted octanol–water partition coefficient (Wildman–Crippen LogP) is 4.63. The van der Waals surface area contributed by atoms with Crippen molar-refractivity contribution in [3.63, 3.8) is 0 Å².